The normalized spacial score (nSPS) is 13.6. The zero-order valence-electron chi connectivity index (χ0n) is 23.1. The molecule has 0 radical (unpaired) electrons. The van der Waals surface area contributed by atoms with E-state index >= 15 is 0 Å². The molecule has 8 heteroatoms. The summed E-state index contributed by atoms with van der Waals surface area (Å²) in [7, 11) is 0. The van der Waals surface area contributed by atoms with Crippen LogP contribution in [0.1, 0.15) is 70.3 Å². The van der Waals surface area contributed by atoms with Crippen molar-refractivity contribution in [2.45, 2.75) is 39.0 Å². The summed E-state index contributed by atoms with van der Waals surface area (Å²) in [5, 5.41) is 0.639. The molecule has 1 aromatic heterocycles. The topological polar surface area (TPSA) is 97.4 Å². The fourth-order valence-electron chi connectivity index (χ4n) is 4.87. The van der Waals surface area contributed by atoms with Crippen molar-refractivity contribution in [2.24, 2.45) is 0 Å². The van der Waals surface area contributed by atoms with Crippen LogP contribution in [0.2, 0.25) is 0 Å². The molecule has 1 heterocycles. The number of nitrogens with zero attached hydrogens (tertiary/aromatic N) is 1. The number of hydrazine groups is 1. The Morgan fingerprint density at radius 3 is 2.37 bits per heavy atom. The summed E-state index contributed by atoms with van der Waals surface area (Å²) in [6.07, 6.45) is 3.41. The van der Waals surface area contributed by atoms with E-state index in [2.05, 4.69) is 62.0 Å². The monoisotopic (exact) mass is 551 g/mol. The molecule has 0 unspecified atom stereocenters. The number of rotatable bonds is 5. The number of pyridine rings is 1. The molecule has 0 saturated heterocycles. The van der Waals surface area contributed by atoms with Crippen molar-refractivity contribution in [3.8, 4) is 0 Å². The van der Waals surface area contributed by atoms with Gasteiger partial charge in [0.05, 0.1) is 22.3 Å². The first-order chi connectivity index (χ1) is 19.6. The summed E-state index contributed by atoms with van der Waals surface area (Å²) in [4.78, 5) is 42.7. The molecule has 4 aromatic rings. The minimum atomic E-state index is -0.826. The summed E-state index contributed by atoms with van der Waals surface area (Å²) < 4.78 is 19.2. The molecule has 208 valence electrons. The van der Waals surface area contributed by atoms with Gasteiger partial charge in [-0.25, -0.2) is 14.2 Å². The first-order valence-electron chi connectivity index (χ1n) is 13.4. The molecule has 3 aromatic carbocycles. The second kappa shape index (κ2) is 11.3. The molecule has 1 aliphatic carbocycles. The van der Waals surface area contributed by atoms with Crippen LogP contribution in [0.25, 0.3) is 22.6 Å². The molecule has 0 bridgehead atoms. The van der Waals surface area contributed by atoms with Gasteiger partial charge in [0.1, 0.15) is 5.82 Å². The highest BCUT2D eigenvalue weighted by Gasteiger charge is 2.28. The fourth-order valence-corrected chi connectivity index (χ4v) is 4.87. The maximum atomic E-state index is 13.8. The summed E-state index contributed by atoms with van der Waals surface area (Å²) in [5.74, 6) is -2.98. The van der Waals surface area contributed by atoms with Crippen molar-refractivity contribution < 1.29 is 23.5 Å². The molecule has 2 amide bonds. The Hall–Kier alpha value is -4.85. The van der Waals surface area contributed by atoms with Gasteiger partial charge in [-0.05, 0) is 64.8 Å². The van der Waals surface area contributed by atoms with Crippen LogP contribution in [-0.4, -0.2) is 29.4 Å². The van der Waals surface area contributed by atoms with E-state index in [4.69, 9.17) is 9.72 Å². The third kappa shape index (κ3) is 6.01. The number of halogens is 1. The molecule has 0 atom stereocenters. The SMILES string of the molecule is CC(C)(C)c1ccc(/C=C2\CCc3c2nc2ccccc2c3C(=O)OCC(=O)NNC(=O)c2ccccc2F)cc1. The zero-order chi connectivity index (χ0) is 29.1. The maximum Gasteiger partial charge on any atom is 0.339 e. The summed E-state index contributed by atoms with van der Waals surface area (Å²) >= 11 is 0. The number of hydrogen-bond acceptors (Lipinski definition) is 5. The molecule has 41 heavy (non-hydrogen) atoms. The van der Waals surface area contributed by atoms with Crippen molar-refractivity contribution in [1.82, 2.24) is 15.8 Å². The third-order valence-electron chi connectivity index (χ3n) is 7.03. The van der Waals surface area contributed by atoms with E-state index in [-0.39, 0.29) is 11.0 Å². The lowest BCUT2D eigenvalue weighted by Gasteiger charge is -2.18. The number of carbonyl (C=O) groups is 3. The van der Waals surface area contributed by atoms with Crippen LogP contribution in [0.3, 0.4) is 0 Å². The molecule has 0 saturated carbocycles. The van der Waals surface area contributed by atoms with Gasteiger partial charge < -0.3 is 4.74 Å². The molecule has 5 rings (SSSR count). The van der Waals surface area contributed by atoms with E-state index in [0.717, 1.165) is 28.5 Å². The first kappa shape index (κ1) is 27.7. The first-order valence-corrected chi connectivity index (χ1v) is 13.4. The van der Waals surface area contributed by atoms with Gasteiger partial charge in [-0.1, -0.05) is 75.4 Å². The number of carbonyl (C=O) groups excluding carboxylic acids is 3. The van der Waals surface area contributed by atoms with Crippen LogP contribution in [-0.2, 0) is 21.4 Å². The van der Waals surface area contributed by atoms with E-state index in [9.17, 15) is 18.8 Å². The van der Waals surface area contributed by atoms with Crippen LogP contribution in [0.4, 0.5) is 4.39 Å². The van der Waals surface area contributed by atoms with Crippen LogP contribution in [0, 0.1) is 5.82 Å². The van der Waals surface area contributed by atoms with Gasteiger partial charge in [0, 0.05) is 5.39 Å². The van der Waals surface area contributed by atoms with Crippen molar-refractivity contribution >= 4 is 40.3 Å². The summed E-state index contributed by atoms with van der Waals surface area (Å²) in [6, 6.07) is 21.1. The highest BCUT2D eigenvalue weighted by atomic mass is 19.1. The number of allylic oxidation sites excluding steroid dienone is 1. The lowest BCUT2D eigenvalue weighted by atomic mass is 9.86. The Labute approximate surface area is 237 Å². The number of para-hydroxylation sites is 1. The predicted molar refractivity (Wildman–Crippen MR) is 155 cm³/mol. The standard InChI is InChI=1S/C33H30FN3O4/c1-33(2,3)22-15-12-20(13-16-22)18-21-14-17-25-29(24-9-5-7-11-27(24)35-30(21)25)32(40)41-19-28(38)36-37-31(39)23-8-4-6-10-26(23)34/h4-13,15-16,18H,14,17,19H2,1-3H3,(H,36,38)(H,37,39)/b21-18+. The Morgan fingerprint density at radius 2 is 1.63 bits per heavy atom. The van der Waals surface area contributed by atoms with Crippen molar-refractivity contribution in [2.75, 3.05) is 6.61 Å². The molecule has 0 aliphatic heterocycles. The van der Waals surface area contributed by atoms with E-state index in [1.165, 1.54) is 23.8 Å². The molecule has 7 nitrogen and oxygen atoms in total. The highest BCUT2D eigenvalue weighted by molar-refractivity contribution is 6.07. The van der Waals surface area contributed by atoms with Crippen LogP contribution in [0.5, 0.6) is 0 Å². The third-order valence-corrected chi connectivity index (χ3v) is 7.03. The van der Waals surface area contributed by atoms with Crippen molar-refractivity contribution in [3.05, 3.63) is 112 Å². The molecular formula is C33H30FN3O4. The Balaban J connectivity index is 1.34. The largest absolute Gasteiger partial charge is 0.452 e. The number of amides is 2. The number of fused-ring (bicyclic) bond motifs is 2. The molecule has 1 aliphatic rings. The van der Waals surface area contributed by atoms with Crippen molar-refractivity contribution in [3.63, 3.8) is 0 Å². The zero-order valence-corrected chi connectivity index (χ0v) is 23.1. The van der Waals surface area contributed by atoms with E-state index in [1.807, 2.05) is 18.2 Å². The Morgan fingerprint density at radius 1 is 0.927 bits per heavy atom. The van der Waals surface area contributed by atoms with Gasteiger partial charge in [-0.15, -0.1) is 0 Å². The maximum absolute atomic E-state index is 13.8. The number of nitrogens with one attached hydrogen (secondary N) is 2. The second-order valence-corrected chi connectivity index (χ2v) is 10.9. The van der Waals surface area contributed by atoms with Crippen molar-refractivity contribution in [1.29, 1.82) is 0 Å². The van der Waals surface area contributed by atoms with E-state index in [1.54, 1.807) is 6.07 Å². The number of benzene rings is 3. The van der Waals surface area contributed by atoms with E-state index < -0.39 is 30.2 Å². The molecular weight excluding hydrogens is 521 g/mol. The Kier molecular flexibility index (Phi) is 7.66. The predicted octanol–water partition coefficient (Wildman–Crippen LogP) is 5.78. The average Bonchev–Trinajstić information content (AvgIpc) is 3.35. The van der Waals surface area contributed by atoms with E-state index in [0.29, 0.717) is 29.3 Å². The summed E-state index contributed by atoms with van der Waals surface area (Å²) in [5.41, 5.74) is 9.98. The van der Waals surface area contributed by atoms with Crippen LogP contribution >= 0.6 is 0 Å². The minimum Gasteiger partial charge on any atom is -0.452 e. The minimum absolute atomic E-state index is 0.0592. The Bertz CT molecular complexity index is 1690. The molecule has 0 spiro atoms. The summed E-state index contributed by atoms with van der Waals surface area (Å²) in [6.45, 7) is 5.89. The molecule has 0 fully saturated rings. The van der Waals surface area contributed by atoms with Gasteiger partial charge in [-0.3, -0.25) is 20.4 Å². The van der Waals surface area contributed by atoms with Gasteiger partial charge in [0.25, 0.3) is 11.8 Å². The highest BCUT2D eigenvalue weighted by Crippen LogP contribution is 2.38. The number of aromatic nitrogens is 1. The smallest absolute Gasteiger partial charge is 0.339 e. The number of ether oxygens (including phenoxy) is 1. The van der Waals surface area contributed by atoms with Gasteiger partial charge >= 0.3 is 5.97 Å². The second-order valence-electron chi connectivity index (χ2n) is 10.9. The van der Waals surface area contributed by atoms with Crippen LogP contribution < -0.4 is 10.9 Å². The number of hydrogen-bond donors (Lipinski definition) is 2. The average molecular weight is 552 g/mol. The fraction of sp³-hybridized carbons (Fsp3) is 0.212. The van der Waals surface area contributed by atoms with Gasteiger partial charge in [-0.2, -0.15) is 0 Å². The number of esters is 1. The lowest BCUT2D eigenvalue weighted by molar-refractivity contribution is -0.125. The van der Waals surface area contributed by atoms with Gasteiger partial charge in [0.2, 0.25) is 0 Å². The van der Waals surface area contributed by atoms with Crippen LogP contribution in [0.15, 0.2) is 72.8 Å². The quantitative estimate of drug-likeness (QED) is 0.242. The van der Waals surface area contributed by atoms with Gasteiger partial charge in [0.15, 0.2) is 6.61 Å². The lowest BCUT2D eigenvalue weighted by Crippen LogP contribution is -2.43. The molecule has 2 N–H and O–H groups in total.